The molecule has 65 valence electrons. The first kappa shape index (κ1) is 12.2. The molecule has 1 heterocycles. The number of nitrogens with zero attached hydrogens (tertiary/aromatic N) is 2. The molecule has 0 unspecified atom stereocenters. The molecule has 0 atom stereocenters. The fourth-order valence-corrected chi connectivity index (χ4v) is 0.910. The Kier molecular flexibility index (Phi) is 6.80. The van der Waals surface area contributed by atoms with Crippen LogP contribution in [0.1, 0.15) is 0 Å². The van der Waals surface area contributed by atoms with Gasteiger partial charge >= 0.3 is 66.2 Å². The molecule has 0 aliphatic heterocycles. The zero-order chi connectivity index (χ0) is 9.56. The van der Waals surface area contributed by atoms with Gasteiger partial charge in [0.05, 0.1) is 0 Å². The Morgan fingerprint density at radius 2 is 1.83 bits per heavy atom. The van der Waals surface area contributed by atoms with E-state index in [1.807, 2.05) is 38.2 Å². The minimum atomic E-state index is 0.705. The van der Waals surface area contributed by atoms with Crippen LogP contribution >= 0.6 is 11.6 Å². The average molecular weight is 290 g/mol. The van der Waals surface area contributed by atoms with Gasteiger partial charge in [-0.2, -0.15) is 0 Å². The SMILES string of the molecule is CN(C)C.Clc1cc[c]([Sn])nc1. The summed E-state index contributed by atoms with van der Waals surface area (Å²) in [5.41, 5.74) is 0. The normalized spacial score (nSPS) is 9.17. The van der Waals surface area contributed by atoms with E-state index in [-0.39, 0.29) is 0 Å². The molecule has 1 aromatic heterocycles. The van der Waals surface area contributed by atoms with Crippen LogP contribution in [0.3, 0.4) is 0 Å². The van der Waals surface area contributed by atoms with Crippen LogP contribution in [-0.2, 0) is 0 Å². The van der Waals surface area contributed by atoms with Gasteiger partial charge in [0.2, 0.25) is 0 Å². The Balaban J connectivity index is 0.000000261. The van der Waals surface area contributed by atoms with Crippen LogP contribution in [0.5, 0.6) is 0 Å². The fraction of sp³-hybridized carbons (Fsp3) is 0.375. The van der Waals surface area contributed by atoms with Crippen LogP contribution in [0.2, 0.25) is 5.02 Å². The summed E-state index contributed by atoms with van der Waals surface area (Å²) in [5, 5.41) is 0.705. The van der Waals surface area contributed by atoms with Gasteiger partial charge in [-0.15, -0.1) is 0 Å². The molecule has 0 fully saturated rings. The number of halogens is 1. The third kappa shape index (κ3) is 8.30. The van der Waals surface area contributed by atoms with Crippen molar-refractivity contribution in [3.8, 4) is 0 Å². The summed E-state index contributed by atoms with van der Waals surface area (Å²) in [7, 11) is 6.00. The van der Waals surface area contributed by atoms with Gasteiger partial charge in [-0.25, -0.2) is 0 Å². The van der Waals surface area contributed by atoms with Crippen LogP contribution < -0.4 is 3.71 Å². The average Bonchev–Trinajstić information content (AvgIpc) is 1.94. The Labute approximate surface area is 92.0 Å². The third-order valence-corrected chi connectivity index (χ3v) is 1.80. The number of hydrogen-bond donors (Lipinski definition) is 0. The molecule has 0 spiro atoms. The number of rotatable bonds is 0. The molecule has 12 heavy (non-hydrogen) atoms. The predicted octanol–water partition coefficient (Wildman–Crippen LogP) is 0.707. The molecule has 1 rings (SSSR count). The van der Waals surface area contributed by atoms with Crippen LogP contribution in [-0.4, -0.2) is 53.6 Å². The second-order valence-electron chi connectivity index (χ2n) is 2.70. The van der Waals surface area contributed by atoms with E-state index in [0.29, 0.717) is 5.02 Å². The van der Waals surface area contributed by atoms with Crippen LogP contribution in [0.15, 0.2) is 18.3 Å². The van der Waals surface area contributed by atoms with Gasteiger partial charge < -0.3 is 4.90 Å². The van der Waals surface area contributed by atoms with Crippen LogP contribution in [0.25, 0.3) is 0 Å². The van der Waals surface area contributed by atoms with Crippen molar-refractivity contribution < 1.29 is 0 Å². The molecule has 2 nitrogen and oxygen atoms in total. The fourth-order valence-electron chi connectivity index (χ4n) is 0.376. The van der Waals surface area contributed by atoms with E-state index in [2.05, 4.69) is 4.98 Å². The van der Waals surface area contributed by atoms with E-state index >= 15 is 0 Å². The second kappa shape index (κ2) is 6.69. The molecule has 0 aromatic carbocycles. The van der Waals surface area contributed by atoms with Crippen molar-refractivity contribution in [2.24, 2.45) is 0 Å². The number of pyridine rings is 1. The summed E-state index contributed by atoms with van der Waals surface area (Å²) < 4.78 is 1.08. The van der Waals surface area contributed by atoms with Crippen molar-refractivity contribution >= 4 is 37.8 Å². The maximum atomic E-state index is 5.56. The zero-order valence-electron chi connectivity index (χ0n) is 7.50. The van der Waals surface area contributed by atoms with E-state index in [9.17, 15) is 0 Å². The molecule has 0 aliphatic carbocycles. The molecular weight excluding hydrogens is 278 g/mol. The quantitative estimate of drug-likeness (QED) is 0.654. The number of hydrogen-bond acceptors (Lipinski definition) is 2. The molecule has 0 amide bonds. The molecule has 0 aliphatic rings. The Hall–Kier alpha value is 0.199. The Morgan fingerprint density at radius 1 is 1.33 bits per heavy atom. The van der Waals surface area contributed by atoms with Gasteiger partial charge in [0.25, 0.3) is 0 Å². The second-order valence-corrected chi connectivity index (χ2v) is 4.60. The van der Waals surface area contributed by atoms with Gasteiger partial charge in [0, 0.05) is 0 Å². The first-order valence-corrected chi connectivity index (χ1v) is 5.27. The molecular formula is C8H12ClN2Sn. The van der Waals surface area contributed by atoms with Crippen molar-refractivity contribution in [3.05, 3.63) is 23.4 Å². The summed E-state index contributed by atoms with van der Waals surface area (Å²) in [6.07, 6.45) is 1.66. The van der Waals surface area contributed by atoms with E-state index in [0.717, 1.165) is 3.71 Å². The molecule has 0 N–H and O–H groups in total. The topological polar surface area (TPSA) is 16.1 Å². The molecule has 0 bridgehead atoms. The summed E-state index contributed by atoms with van der Waals surface area (Å²) in [6, 6.07) is 3.76. The monoisotopic (exact) mass is 291 g/mol. The van der Waals surface area contributed by atoms with Gasteiger partial charge in [-0.3, -0.25) is 0 Å². The van der Waals surface area contributed by atoms with Gasteiger partial charge in [-0.1, -0.05) is 0 Å². The molecule has 0 saturated carbocycles. The van der Waals surface area contributed by atoms with Crippen molar-refractivity contribution in [1.82, 2.24) is 9.88 Å². The molecule has 3 radical (unpaired) electrons. The van der Waals surface area contributed by atoms with E-state index in [4.69, 9.17) is 11.6 Å². The summed E-state index contributed by atoms with van der Waals surface area (Å²) in [5.74, 6) is 0. The molecule has 4 heteroatoms. The first-order valence-electron chi connectivity index (χ1n) is 3.46. The predicted molar refractivity (Wildman–Crippen MR) is 54.2 cm³/mol. The first-order chi connectivity index (χ1) is 5.52. The van der Waals surface area contributed by atoms with Gasteiger partial charge in [0.1, 0.15) is 0 Å². The zero-order valence-corrected chi connectivity index (χ0v) is 11.1. The summed E-state index contributed by atoms with van der Waals surface area (Å²) in [4.78, 5) is 5.99. The summed E-state index contributed by atoms with van der Waals surface area (Å²) in [6.45, 7) is 0. The maximum absolute atomic E-state index is 5.56. The summed E-state index contributed by atoms with van der Waals surface area (Å²) >= 11 is 6.89. The van der Waals surface area contributed by atoms with Gasteiger partial charge in [-0.05, 0) is 21.1 Å². The van der Waals surface area contributed by atoms with Crippen LogP contribution in [0, 0.1) is 0 Å². The Morgan fingerprint density at radius 3 is 2.08 bits per heavy atom. The van der Waals surface area contributed by atoms with E-state index in [1.54, 1.807) is 6.20 Å². The minimum absolute atomic E-state index is 0.705. The number of aromatic nitrogens is 1. The Bertz CT molecular complexity index is 187. The molecule has 1 aromatic rings. The van der Waals surface area contributed by atoms with Crippen molar-refractivity contribution in [3.63, 3.8) is 0 Å². The van der Waals surface area contributed by atoms with Crippen LogP contribution in [0.4, 0.5) is 0 Å². The van der Waals surface area contributed by atoms with Crippen molar-refractivity contribution in [2.45, 2.75) is 0 Å². The molecule has 0 saturated heterocycles. The van der Waals surface area contributed by atoms with Gasteiger partial charge in [0.15, 0.2) is 0 Å². The van der Waals surface area contributed by atoms with Crippen molar-refractivity contribution in [2.75, 3.05) is 21.1 Å². The van der Waals surface area contributed by atoms with E-state index in [1.165, 1.54) is 22.5 Å². The third-order valence-electron chi connectivity index (χ3n) is 0.727. The van der Waals surface area contributed by atoms with E-state index < -0.39 is 0 Å². The van der Waals surface area contributed by atoms with Crippen molar-refractivity contribution in [1.29, 1.82) is 0 Å². The standard InChI is InChI=1S/C5H3ClN.C3H9N.Sn/c6-5-2-1-3-7-4-5;1-4(2)3;/h1-2,4H;1-3H3;.